The molecule has 3 amide bonds. The lowest BCUT2D eigenvalue weighted by molar-refractivity contribution is -0.134. The molecule has 1 saturated carbocycles. The van der Waals surface area contributed by atoms with Crippen LogP contribution in [-0.2, 0) is 19.2 Å². The molecule has 1 unspecified atom stereocenters. The van der Waals surface area contributed by atoms with Gasteiger partial charge in [0.2, 0.25) is 17.7 Å². The first-order chi connectivity index (χ1) is 32.8. The van der Waals surface area contributed by atoms with E-state index >= 15 is 4.39 Å². The van der Waals surface area contributed by atoms with Gasteiger partial charge in [0.15, 0.2) is 0 Å². The van der Waals surface area contributed by atoms with Crippen LogP contribution in [0.3, 0.4) is 0 Å². The molecule has 68 heavy (non-hydrogen) atoms. The van der Waals surface area contributed by atoms with E-state index in [0.717, 1.165) is 123 Å². The Balaban J connectivity index is 0.00000203. The minimum Gasteiger partial charge on any atom is -0.483 e. The van der Waals surface area contributed by atoms with E-state index < -0.39 is 6.04 Å². The number of hydrogen-bond acceptors (Lipinski definition) is 11. The monoisotopic (exact) mass is 927 g/mol. The number of hydrogen-bond donors (Lipinski definition) is 4. The largest absolute Gasteiger partial charge is 0.483 e. The van der Waals surface area contributed by atoms with Gasteiger partial charge >= 0.3 is 0 Å². The minimum absolute atomic E-state index is 0.116. The summed E-state index contributed by atoms with van der Waals surface area (Å²) in [6, 6.07) is 13.6. The number of nitriles is 1. The Morgan fingerprint density at radius 1 is 0.956 bits per heavy atom. The van der Waals surface area contributed by atoms with Crippen LogP contribution in [0.25, 0.3) is 27.8 Å². The number of imide groups is 1. The fourth-order valence-electron chi connectivity index (χ4n) is 10.4. The number of nitrogens with one attached hydrogen (secondary N) is 3. The number of nitrogens with zero attached hydrogens (tertiary/aromatic N) is 8. The van der Waals surface area contributed by atoms with E-state index in [1.165, 1.54) is 12.5 Å². The summed E-state index contributed by atoms with van der Waals surface area (Å²) in [4.78, 5) is 54.5. The van der Waals surface area contributed by atoms with Crippen molar-refractivity contribution >= 4 is 41.2 Å². The van der Waals surface area contributed by atoms with Gasteiger partial charge in [-0.25, -0.2) is 13.9 Å². The first-order valence-electron chi connectivity index (χ1n) is 24.0. The zero-order valence-electron chi connectivity index (χ0n) is 39.2. The highest BCUT2D eigenvalue weighted by molar-refractivity contribution is 6.01. The van der Waals surface area contributed by atoms with Crippen molar-refractivity contribution in [1.82, 2.24) is 39.9 Å². The Labute approximate surface area is 396 Å². The Morgan fingerprint density at radius 3 is 2.37 bits per heavy atom. The van der Waals surface area contributed by atoms with Crippen LogP contribution >= 0.6 is 0 Å². The van der Waals surface area contributed by atoms with Crippen molar-refractivity contribution in [3.05, 3.63) is 84.3 Å². The number of amides is 3. The number of carbonyl (C=O) groups excluding carboxylic acids is 3. The minimum atomic E-state index is -0.535. The third-order valence-electron chi connectivity index (χ3n) is 14.5. The second-order valence-electron chi connectivity index (χ2n) is 19.5. The van der Waals surface area contributed by atoms with Gasteiger partial charge in [0.05, 0.1) is 29.5 Å². The molecule has 16 nitrogen and oxygen atoms in total. The van der Waals surface area contributed by atoms with Gasteiger partial charge in [-0.05, 0) is 145 Å². The number of benzene rings is 1. The van der Waals surface area contributed by atoms with Gasteiger partial charge in [-0.1, -0.05) is 13.0 Å². The Kier molecular flexibility index (Phi) is 14.8. The number of likely N-dealkylation sites (tertiary alicyclic amines) is 1. The molecule has 1 aliphatic carbocycles. The number of rotatable bonds is 12. The van der Waals surface area contributed by atoms with E-state index in [-0.39, 0.29) is 53.8 Å². The SMILES string of the molecule is CC(C)NC(=O)C1(C)CCN(c2ccc(-c3cc(-c4cnn(C5CCC(CCN6CCC(c7ccc(NC8CCC(=O)NC8=O)cc7F)CC6)CC5)c4)cn4ncc(C#N)c34)cn2)CC1.O=CO. The number of aromatic nitrogens is 5. The number of pyridine rings is 2. The van der Waals surface area contributed by atoms with E-state index in [2.05, 4.69) is 66.9 Å². The van der Waals surface area contributed by atoms with E-state index in [9.17, 15) is 19.6 Å². The topological polar surface area (TPSA) is 203 Å². The maximum absolute atomic E-state index is 15.3. The molecule has 17 heteroatoms. The molecule has 0 bridgehead atoms. The molecule has 4 aromatic heterocycles. The smallest absolute Gasteiger partial charge is 0.290 e. The average molecular weight is 928 g/mol. The number of carboxylic acid groups (broad SMARTS) is 1. The molecule has 9 rings (SSSR count). The predicted octanol–water partition coefficient (Wildman–Crippen LogP) is 7.32. The van der Waals surface area contributed by atoms with Crippen LogP contribution in [0.4, 0.5) is 15.9 Å². The van der Waals surface area contributed by atoms with Gasteiger partial charge < -0.3 is 25.5 Å². The zero-order valence-corrected chi connectivity index (χ0v) is 39.2. The molecular formula is C51H62FN11O5. The molecule has 4 aliphatic rings. The summed E-state index contributed by atoms with van der Waals surface area (Å²) in [6.07, 6.45) is 19.2. The maximum Gasteiger partial charge on any atom is 0.290 e. The first-order valence-corrected chi connectivity index (χ1v) is 24.0. The molecule has 0 radical (unpaired) electrons. The molecule has 3 aliphatic heterocycles. The summed E-state index contributed by atoms with van der Waals surface area (Å²) in [6.45, 7) is 10.3. The third kappa shape index (κ3) is 10.9. The highest BCUT2D eigenvalue weighted by Crippen LogP contribution is 2.38. The van der Waals surface area contributed by atoms with Gasteiger partial charge in [0.25, 0.3) is 6.47 Å². The highest BCUT2D eigenvalue weighted by Gasteiger charge is 2.37. The third-order valence-corrected chi connectivity index (χ3v) is 14.5. The zero-order chi connectivity index (χ0) is 48.0. The van der Waals surface area contributed by atoms with Gasteiger partial charge in [-0.3, -0.25) is 29.2 Å². The average Bonchev–Trinajstić information content (AvgIpc) is 4.01. The molecule has 358 valence electrons. The van der Waals surface area contributed by atoms with Crippen molar-refractivity contribution in [2.45, 2.75) is 115 Å². The summed E-state index contributed by atoms with van der Waals surface area (Å²) in [7, 11) is 0. The molecule has 3 saturated heterocycles. The molecule has 1 aromatic carbocycles. The number of piperidine rings is 3. The van der Waals surface area contributed by atoms with Gasteiger partial charge in [-0.15, -0.1) is 0 Å². The lowest BCUT2D eigenvalue weighted by Crippen LogP contribution is -2.49. The number of fused-ring (bicyclic) bond motifs is 1. The number of anilines is 2. The fraction of sp³-hybridized carbons (Fsp3) is 0.490. The summed E-state index contributed by atoms with van der Waals surface area (Å²) >= 11 is 0. The second-order valence-corrected chi connectivity index (χ2v) is 19.5. The molecule has 1 atom stereocenters. The molecule has 0 spiro atoms. The molecule has 7 heterocycles. The Bertz CT molecular complexity index is 2630. The number of halogens is 1. The standard InChI is InChI=1S/C50H60FN11O3.CH2O2/c1-32(2)56-49(65)50(3)17-22-60(23-18-50)45-12-6-35(27-53-45)42-24-36(30-62-47(42)37(26-52)28-55-62)38-29-54-61(31-38)40-8-4-33(5-9-40)14-19-59-20-15-34(16-21-59)41-10-7-39(25-43(41)51)57-44-11-13-46(63)58-48(44)64;2-1-3/h6-7,10,12,24-25,27-34,40,44,57H,4-5,8-9,11,13-23H2,1-3H3,(H,56,65)(H,58,63,64);1H,(H,2,3). The van der Waals surface area contributed by atoms with Crippen LogP contribution in [-0.4, -0.2) is 103 Å². The van der Waals surface area contributed by atoms with Crippen molar-refractivity contribution in [2.24, 2.45) is 11.3 Å². The van der Waals surface area contributed by atoms with E-state index in [0.29, 0.717) is 29.6 Å². The summed E-state index contributed by atoms with van der Waals surface area (Å²) in [5, 5.41) is 34.8. The molecule has 4 N–H and O–H groups in total. The van der Waals surface area contributed by atoms with Crippen LogP contribution < -0.4 is 20.9 Å². The van der Waals surface area contributed by atoms with Gasteiger partial charge in [-0.2, -0.15) is 15.5 Å². The van der Waals surface area contributed by atoms with Crippen molar-refractivity contribution < 1.29 is 28.7 Å². The quantitative estimate of drug-likeness (QED) is 0.0719. The normalized spacial score (nSPS) is 21.1. The van der Waals surface area contributed by atoms with Crippen LogP contribution in [0.5, 0.6) is 0 Å². The van der Waals surface area contributed by atoms with Crippen molar-refractivity contribution in [3.8, 4) is 28.3 Å². The molecule has 5 aromatic rings. The van der Waals surface area contributed by atoms with E-state index in [1.54, 1.807) is 10.7 Å². The van der Waals surface area contributed by atoms with Gasteiger partial charge in [0, 0.05) is 77.5 Å². The van der Waals surface area contributed by atoms with E-state index in [4.69, 9.17) is 20.0 Å². The Morgan fingerprint density at radius 2 is 1.71 bits per heavy atom. The van der Waals surface area contributed by atoms with Crippen molar-refractivity contribution in [1.29, 1.82) is 5.26 Å². The lowest BCUT2D eigenvalue weighted by atomic mass is 9.79. The summed E-state index contributed by atoms with van der Waals surface area (Å²) in [5.74, 6) is 0.963. The second kappa shape index (κ2) is 21.1. The van der Waals surface area contributed by atoms with Crippen LogP contribution in [0, 0.1) is 28.5 Å². The van der Waals surface area contributed by atoms with Crippen LogP contribution in [0.1, 0.15) is 114 Å². The van der Waals surface area contributed by atoms with Crippen LogP contribution in [0.2, 0.25) is 0 Å². The van der Waals surface area contributed by atoms with Crippen LogP contribution in [0.15, 0.2) is 67.4 Å². The highest BCUT2D eigenvalue weighted by atomic mass is 19.1. The lowest BCUT2D eigenvalue weighted by Gasteiger charge is -2.39. The first kappa shape index (κ1) is 47.8. The summed E-state index contributed by atoms with van der Waals surface area (Å²) in [5.41, 5.74) is 5.89. The van der Waals surface area contributed by atoms with Gasteiger partial charge in [0.1, 0.15) is 23.7 Å². The molecule has 4 fully saturated rings. The van der Waals surface area contributed by atoms with E-state index in [1.807, 2.05) is 50.6 Å². The van der Waals surface area contributed by atoms with Crippen molar-refractivity contribution in [2.75, 3.05) is 42.9 Å². The van der Waals surface area contributed by atoms with Crippen molar-refractivity contribution in [3.63, 3.8) is 0 Å². The number of carbonyl (C=O) groups is 4. The molecular weight excluding hydrogens is 866 g/mol. The predicted molar refractivity (Wildman–Crippen MR) is 256 cm³/mol. The summed E-state index contributed by atoms with van der Waals surface area (Å²) < 4.78 is 19.2. The Hall–Kier alpha value is -6.67. The fourth-order valence-corrected chi connectivity index (χ4v) is 10.4. The maximum atomic E-state index is 15.3.